The van der Waals surface area contributed by atoms with E-state index in [2.05, 4.69) is 0 Å². The highest BCUT2D eigenvalue weighted by molar-refractivity contribution is 6.87. The molecule has 240 valence electrons. The fraction of sp³-hybridized carbons (Fsp3) is 1.00. The monoisotopic (exact) mass is 688 g/mol. The van der Waals surface area contributed by atoms with E-state index in [0.717, 1.165) is 0 Å². The van der Waals surface area contributed by atoms with Crippen LogP contribution in [0.25, 0.3) is 0 Å². The van der Waals surface area contributed by atoms with Gasteiger partial charge in [-0.2, -0.15) is 0 Å². The highest BCUT2D eigenvalue weighted by Gasteiger charge is 2.60. The molecule has 1 aliphatic heterocycles. The summed E-state index contributed by atoms with van der Waals surface area (Å²) >= 11 is 0. The van der Waals surface area contributed by atoms with E-state index < -0.39 is 65.0 Å². The molecule has 1 heterocycles. The van der Waals surface area contributed by atoms with Gasteiger partial charge in [0.2, 0.25) is 0 Å². The van der Waals surface area contributed by atoms with Crippen LogP contribution in [-0.2, 0) is 70.8 Å². The lowest BCUT2D eigenvalue weighted by Crippen LogP contribution is -2.67. The van der Waals surface area contributed by atoms with Crippen molar-refractivity contribution in [1.29, 1.82) is 0 Å². The van der Waals surface area contributed by atoms with Crippen molar-refractivity contribution in [2.24, 2.45) is 0 Å². The Morgan fingerprint density at radius 2 is 1.20 bits per heavy atom. The molecule has 0 N–H and O–H groups in total. The summed E-state index contributed by atoms with van der Waals surface area (Å²) in [6.07, 6.45) is -1.91. The number of rotatable bonds is 17. The highest BCUT2D eigenvalue weighted by Crippen LogP contribution is 2.33. The Hall–Kier alpha value is 0.661. The zero-order valence-corrected chi connectivity index (χ0v) is 32.3. The van der Waals surface area contributed by atoms with Gasteiger partial charge < -0.3 is 66.4 Å². The van der Waals surface area contributed by atoms with Gasteiger partial charge in [-0.3, -0.25) is 4.43 Å². The zero-order valence-electron chi connectivity index (χ0n) is 26.3. The normalized spacial score (nSPS) is 27.2. The van der Waals surface area contributed by atoms with Crippen LogP contribution >= 0.6 is 0 Å². The molecule has 0 aliphatic carbocycles. The number of ether oxygens (including phenoxy) is 5. The van der Waals surface area contributed by atoms with Gasteiger partial charge in [0.05, 0.1) is 0 Å². The maximum atomic E-state index is 6.56. The predicted octanol–water partition coefficient (Wildman–Crippen LogP) is 2.21. The summed E-state index contributed by atoms with van der Waals surface area (Å²) in [5.74, 6) is 0. The summed E-state index contributed by atoms with van der Waals surface area (Å²) in [7, 11) is -10.2. The molecule has 22 heteroatoms. The third-order valence-corrected chi connectivity index (χ3v) is 26.0. The summed E-state index contributed by atoms with van der Waals surface area (Å²) in [6, 6.07) is 0. The molecule has 0 spiro atoms. The maximum absolute atomic E-state index is 6.56. The van der Waals surface area contributed by atoms with Crippen LogP contribution in [0.15, 0.2) is 0 Å². The van der Waals surface area contributed by atoms with Crippen molar-refractivity contribution < 1.29 is 70.8 Å². The highest BCUT2D eigenvalue weighted by atomic mass is 28.5. The minimum absolute atomic E-state index is 0.225. The first kappa shape index (κ1) is 38.7. The fourth-order valence-electron chi connectivity index (χ4n) is 3.58. The smallest absolute Gasteiger partial charge is 0.398 e. The first-order chi connectivity index (χ1) is 18.2. The molecule has 16 nitrogen and oxygen atoms in total. The third kappa shape index (κ3) is 11.6. The lowest BCUT2D eigenvalue weighted by molar-refractivity contribution is -0.458. The summed E-state index contributed by atoms with van der Waals surface area (Å²) in [5.41, 5.74) is 0. The van der Waals surface area contributed by atoms with Gasteiger partial charge in [-0.05, 0) is 26.2 Å². The Kier molecular flexibility index (Phi) is 14.6. The summed E-state index contributed by atoms with van der Waals surface area (Å²) in [6.45, 7) is 12.5. The Bertz CT molecular complexity index is 768. The predicted molar refractivity (Wildman–Crippen MR) is 152 cm³/mol. The fourth-order valence-corrected chi connectivity index (χ4v) is 25.7. The second-order valence-electron chi connectivity index (χ2n) is 9.66. The maximum Gasteiger partial charge on any atom is 0.489 e. The van der Waals surface area contributed by atoms with Crippen LogP contribution in [0.4, 0.5) is 0 Å². The van der Waals surface area contributed by atoms with E-state index in [9.17, 15) is 0 Å². The standard InChI is InChI=1S/C18H48O16Si6/c1-19-17-26-16-27-38(13,33-37(12,24-6)25-7)34-39(14,28-17)31-36(10,11)32-40(15,30-35(8,9)23-5)29-18(20-2,21-3)22-4/h17H,16H2,1-15H3. The first-order valence-corrected chi connectivity index (χ1v) is 26.8. The Morgan fingerprint density at radius 3 is 1.65 bits per heavy atom. The second kappa shape index (κ2) is 15.1. The van der Waals surface area contributed by atoms with Gasteiger partial charge >= 0.3 is 58.5 Å². The van der Waals surface area contributed by atoms with Gasteiger partial charge in [0.25, 0.3) is 6.48 Å². The molecule has 0 amide bonds. The van der Waals surface area contributed by atoms with Crippen molar-refractivity contribution in [3.63, 3.8) is 0 Å². The van der Waals surface area contributed by atoms with E-state index in [1.165, 1.54) is 42.7 Å². The molecule has 1 fully saturated rings. The molecular weight excluding hydrogens is 641 g/mol. The van der Waals surface area contributed by atoms with Gasteiger partial charge in [-0.15, -0.1) is 0 Å². The summed E-state index contributed by atoms with van der Waals surface area (Å²) in [5, 5.41) is 0. The molecule has 4 unspecified atom stereocenters. The average molecular weight is 689 g/mol. The van der Waals surface area contributed by atoms with Crippen molar-refractivity contribution in [3.05, 3.63) is 0 Å². The minimum Gasteiger partial charge on any atom is -0.398 e. The quantitative estimate of drug-likeness (QED) is 0.162. The van der Waals surface area contributed by atoms with Crippen LogP contribution < -0.4 is 0 Å². The molecule has 1 aliphatic rings. The molecule has 0 radical (unpaired) electrons. The molecule has 40 heavy (non-hydrogen) atoms. The molecule has 0 saturated carbocycles. The number of hydrogen-bond donors (Lipinski definition) is 0. The van der Waals surface area contributed by atoms with Crippen LogP contribution in [0.2, 0.25) is 52.4 Å². The molecule has 1 saturated heterocycles. The van der Waals surface area contributed by atoms with Crippen LogP contribution in [0.3, 0.4) is 0 Å². The third-order valence-electron chi connectivity index (χ3n) is 5.36. The first-order valence-electron chi connectivity index (χ1n) is 12.2. The van der Waals surface area contributed by atoms with Crippen molar-refractivity contribution in [3.8, 4) is 0 Å². The zero-order chi connectivity index (χ0) is 31.1. The lowest BCUT2D eigenvalue weighted by atomic mass is 11.0. The van der Waals surface area contributed by atoms with Crippen LogP contribution in [0.5, 0.6) is 0 Å². The Morgan fingerprint density at radius 1 is 0.675 bits per heavy atom. The average Bonchev–Trinajstić information content (AvgIpc) is 2.84. The molecule has 0 aromatic carbocycles. The topological polar surface area (TPSA) is 148 Å². The van der Waals surface area contributed by atoms with Crippen molar-refractivity contribution >= 4 is 52.3 Å². The van der Waals surface area contributed by atoms with E-state index >= 15 is 0 Å². The van der Waals surface area contributed by atoms with E-state index in [4.69, 9.17) is 70.8 Å². The van der Waals surface area contributed by atoms with Crippen LogP contribution in [0, 0.1) is 0 Å². The van der Waals surface area contributed by atoms with Gasteiger partial charge in [0.1, 0.15) is 6.79 Å². The van der Waals surface area contributed by atoms with E-state index in [1.807, 2.05) is 13.1 Å². The minimum atomic E-state index is -3.74. The summed E-state index contributed by atoms with van der Waals surface area (Å²) in [4.78, 5) is 0. The molecule has 1 rings (SSSR count). The van der Waals surface area contributed by atoms with Gasteiger partial charge in [0, 0.05) is 76.0 Å². The van der Waals surface area contributed by atoms with Crippen molar-refractivity contribution in [2.45, 2.75) is 65.0 Å². The van der Waals surface area contributed by atoms with Gasteiger partial charge in [-0.1, -0.05) is 0 Å². The summed E-state index contributed by atoms with van der Waals surface area (Å²) < 4.78 is 93.8. The van der Waals surface area contributed by atoms with E-state index in [1.54, 1.807) is 46.4 Å². The van der Waals surface area contributed by atoms with Gasteiger partial charge in [-0.25, -0.2) is 0 Å². The molecule has 0 aromatic rings. The van der Waals surface area contributed by atoms with Crippen LogP contribution in [0.1, 0.15) is 0 Å². The number of hydrogen-bond acceptors (Lipinski definition) is 16. The lowest BCUT2D eigenvalue weighted by Gasteiger charge is -2.45. The molecular formula is C18H48O16Si6. The molecule has 4 atom stereocenters. The van der Waals surface area contributed by atoms with Crippen molar-refractivity contribution in [1.82, 2.24) is 0 Å². The Balaban J connectivity index is 3.43. The van der Waals surface area contributed by atoms with E-state index in [0.29, 0.717) is 0 Å². The van der Waals surface area contributed by atoms with Gasteiger partial charge in [0.15, 0.2) is 0 Å². The SMILES string of the molecule is COC1OCO[Si](C)(O[Si](C)(OC)OC)O[Si](C)(O[Si](C)(C)O[Si](C)(OC(OC)(OC)OC)O[Si](C)(C)OC)O1. The molecule has 0 bridgehead atoms. The van der Waals surface area contributed by atoms with Crippen LogP contribution in [-0.4, -0.2) is 122 Å². The van der Waals surface area contributed by atoms with Crippen molar-refractivity contribution in [2.75, 3.05) is 56.6 Å². The van der Waals surface area contributed by atoms with E-state index in [-0.39, 0.29) is 6.79 Å². The largest absolute Gasteiger partial charge is 0.489 e. The number of methoxy groups -OCH3 is 4. The Labute approximate surface area is 244 Å². The molecule has 0 aromatic heterocycles. The second-order valence-corrected chi connectivity index (χ2v) is 28.2.